The number of hydrogen-bond acceptors (Lipinski definition) is 5. The number of hydrogen-bond donors (Lipinski definition) is 1. The average molecular weight is 272 g/mol. The lowest BCUT2D eigenvalue weighted by Gasteiger charge is -2.08. The molecule has 1 aromatic heterocycles. The molecule has 0 aliphatic carbocycles. The largest absolute Gasteiger partial charge is 0.354 e. The molecule has 2 rings (SSSR count). The molecule has 2 aromatic rings. The average Bonchev–Trinajstić information content (AvgIpc) is 2.38. The maximum Gasteiger partial charge on any atom is 0.313 e. The fourth-order valence-corrected chi connectivity index (χ4v) is 2.03. The lowest BCUT2D eigenvalue weighted by atomic mass is 10.0. The first-order valence-corrected chi connectivity index (χ1v) is 6.36. The minimum Gasteiger partial charge on any atom is -0.354 e. The normalized spacial score (nSPS) is 10.3. The molecule has 0 spiro atoms. The molecule has 0 radical (unpaired) electrons. The Morgan fingerprint density at radius 3 is 2.70 bits per heavy atom. The van der Waals surface area contributed by atoms with Crippen molar-refractivity contribution in [3.63, 3.8) is 0 Å². The van der Waals surface area contributed by atoms with Gasteiger partial charge in [0.05, 0.1) is 4.92 Å². The van der Waals surface area contributed by atoms with Crippen LogP contribution in [0.3, 0.4) is 0 Å². The van der Waals surface area contributed by atoms with Crippen molar-refractivity contribution in [2.24, 2.45) is 0 Å². The van der Waals surface area contributed by atoms with E-state index in [2.05, 4.69) is 15.3 Å². The monoisotopic (exact) mass is 272 g/mol. The van der Waals surface area contributed by atoms with Gasteiger partial charge >= 0.3 is 5.69 Å². The first-order valence-electron chi connectivity index (χ1n) is 6.36. The molecule has 0 saturated carbocycles. The first-order chi connectivity index (χ1) is 9.52. The van der Waals surface area contributed by atoms with Crippen LogP contribution in [0.25, 0.3) is 11.3 Å². The molecule has 6 nitrogen and oxygen atoms in total. The van der Waals surface area contributed by atoms with Gasteiger partial charge in [-0.1, -0.05) is 23.8 Å². The van der Waals surface area contributed by atoms with Gasteiger partial charge in [0.1, 0.15) is 6.20 Å². The molecule has 1 aromatic carbocycles. The van der Waals surface area contributed by atoms with Crippen LogP contribution in [0.1, 0.15) is 18.1 Å². The van der Waals surface area contributed by atoms with Crippen LogP contribution in [0.15, 0.2) is 24.4 Å². The van der Waals surface area contributed by atoms with Gasteiger partial charge in [-0.2, -0.15) is 0 Å². The minimum atomic E-state index is -0.454. The van der Waals surface area contributed by atoms with Crippen molar-refractivity contribution < 1.29 is 4.92 Å². The molecule has 0 atom stereocenters. The predicted octanol–water partition coefficient (Wildman–Crippen LogP) is 3.10. The fourth-order valence-electron chi connectivity index (χ4n) is 2.03. The minimum absolute atomic E-state index is 0.0846. The fraction of sp³-hybridized carbons (Fsp3) is 0.286. The Morgan fingerprint density at radius 1 is 1.35 bits per heavy atom. The third-order valence-electron chi connectivity index (χ3n) is 2.94. The Hall–Kier alpha value is -2.50. The van der Waals surface area contributed by atoms with Crippen molar-refractivity contribution in [1.82, 2.24) is 9.97 Å². The van der Waals surface area contributed by atoms with E-state index in [9.17, 15) is 10.1 Å². The molecule has 1 N–H and O–H groups in total. The van der Waals surface area contributed by atoms with Crippen LogP contribution in [-0.2, 0) is 0 Å². The first kappa shape index (κ1) is 13.9. The van der Waals surface area contributed by atoms with E-state index < -0.39 is 4.92 Å². The van der Waals surface area contributed by atoms with Crippen molar-refractivity contribution in [1.29, 1.82) is 0 Å². The number of rotatable bonds is 4. The molecule has 6 heteroatoms. The summed E-state index contributed by atoms with van der Waals surface area (Å²) >= 11 is 0. The maximum atomic E-state index is 11.1. The van der Waals surface area contributed by atoms with Crippen LogP contribution < -0.4 is 5.32 Å². The number of nitrogens with one attached hydrogen (secondary N) is 1. The van der Waals surface area contributed by atoms with Gasteiger partial charge in [0.15, 0.2) is 5.69 Å². The highest BCUT2D eigenvalue weighted by atomic mass is 16.6. The topological polar surface area (TPSA) is 81.0 Å². The number of nitrogens with zero attached hydrogens (tertiary/aromatic N) is 3. The van der Waals surface area contributed by atoms with Crippen LogP contribution in [0, 0.1) is 24.0 Å². The summed E-state index contributed by atoms with van der Waals surface area (Å²) < 4.78 is 0. The van der Waals surface area contributed by atoms with E-state index in [0.29, 0.717) is 18.2 Å². The zero-order valence-corrected chi connectivity index (χ0v) is 11.7. The Morgan fingerprint density at radius 2 is 2.10 bits per heavy atom. The zero-order valence-electron chi connectivity index (χ0n) is 11.7. The lowest BCUT2D eigenvalue weighted by Crippen LogP contribution is -2.05. The summed E-state index contributed by atoms with van der Waals surface area (Å²) in [7, 11) is 0. The molecule has 104 valence electrons. The summed E-state index contributed by atoms with van der Waals surface area (Å²) in [6.07, 6.45) is 1.25. The molecule has 0 aliphatic heterocycles. The summed E-state index contributed by atoms with van der Waals surface area (Å²) in [6, 6.07) is 5.75. The van der Waals surface area contributed by atoms with E-state index >= 15 is 0 Å². The number of aryl methyl sites for hydroxylation is 2. The lowest BCUT2D eigenvalue weighted by molar-refractivity contribution is -0.384. The van der Waals surface area contributed by atoms with E-state index in [1.807, 2.05) is 39.0 Å². The number of benzene rings is 1. The molecule has 20 heavy (non-hydrogen) atoms. The Bertz CT molecular complexity index is 656. The van der Waals surface area contributed by atoms with Gasteiger partial charge < -0.3 is 5.32 Å². The van der Waals surface area contributed by atoms with Crippen molar-refractivity contribution >= 4 is 11.6 Å². The van der Waals surface area contributed by atoms with E-state index in [-0.39, 0.29) is 5.69 Å². The van der Waals surface area contributed by atoms with Crippen molar-refractivity contribution in [2.45, 2.75) is 20.8 Å². The van der Waals surface area contributed by atoms with Crippen molar-refractivity contribution in [3.8, 4) is 11.3 Å². The van der Waals surface area contributed by atoms with Crippen LogP contribution >= 0.6 is 0 Å². The van der Waals surface area contributed by atoms with Crippen molar-refractivity contribution in [2.75, 3.05) is 11.9 Å². The number of nitro groups is 1. The molecule has 0 saturated heterocycles. The Kier molecular flexibility index (Phi) is 3.93. The second-order valence-electron chi connectivity index (χ2n) is 4.53. The van der Waals surface area contributed by atoms with E-state index in [1.54, 1.807) is 0 Å². The molecular weight excluding hydrogens is 256 g/mol. The van der Waals surface area contributed by atoms with Gasteiger partial charge in [-0.15, -0.1) is 0 Å². The second-order valence-corrected chi connectivity index (χ2v) is 4.53. The van der Waals surface area contributed by atoms with E-state index in [1.165, 1.54) is 6.20 Å². The summed E-state index contributed by atoms with van der Waals surface area (Å²) in [6.45, 7) is 6.47. The highest BCUT2D eigenvalue weighted by molar-refractivity contribution is 5.73. The molecule has 1 heterocycles. The van der Waals surface area contributed by atoms with Crippen LogP contribution in [0.4, 0.5) is 11.6 Å². The van der Waals surface area contributed by atoms with Crippen LogP contribution in [0.5, 0.6) is 0 Å². The van der Waals surface area contributed by atoms with Gasteiger partial charge in [0.25, 0.3) is 0 Å². The quantitative estimate of drug-likeness (QED) is 0.683. The summed E-state index contributed by atoms with van der Waals surface area (Å²) in [5.41, 5.74) is 3.07. The maximum absolute atomic E-state index is 11.1. The van der Waals surface area contributed by atoms with Crippen molar-refractivity contribution in [3.05, 3.63) is 45.6 Å². The molecule has 0 fully saturated rings. The third kappa shape index (κ3) is 2.74. The molecule has 0 bridgehead atoms. The highest BCUT2D eigenvalue weighted by Crippen LogP contribution is 2.30. The SMILES string of the molecule is CCNc1ncc([N+](=O)[O-])c(-c2ccc(C)cc2C)n1. The van der Waals surface area contributed by atoms with Crippen LogP contribution in [-0.4, -0.2) is 21.4 Å². The van der Waals surface area contributed by atoms with E-state index in [0.717, 1.165) is 16.7 Å². The molecular formula is C14H16N4O2. The Balaban J connectivity index is 2.62. The predicted molar refractivity (Wildman–Crippen MR) is 77.8 cm³/mol. The number of anilines is 1. The van der Waals surface area contributed by atoms with Gasteiger partial charge in [-0.25, -0.2) is 9.97 Å². The van der Waals surface area contributed by atoms with Gasteiger partial charge in [-0.3, -0.25) is 10.1 Å². The van der Waals surface area contributed by atoms with E-state index in [4.69, 9.17) is 0 Å². The zero-order chi connectivity index (χ0) is 14.7. The standard InChI is InChI=1S/C14H16N4O2/c1-4-15-14-16-8-12(18(19)20)13(17-14)11-6-5-9(2)7-10(11)3/h5-8H,4H2,1-3H3,(H,15,16,17). The molecule has 0 aliphatic rings. The van der Waals surface area contributed by atoms with Gasteiger partial charge in [0, 0.05) is 12.1 Å². The second kappa shape index (κ2) is 5.64. The number of aromatic nitrogens is 2. The molecule has 0 unspecified atom stereocenters. The van der Waals surface area contributed by atoms with Gasteiger partial charge in [-0.05, 0) is 26.3 Å². The summed E-state index contributed by atoms with van der Waals surface area (Å²) in [5, 5.41) is 14.1. The Labute approximate surface area is 117 Å². The summed E-state index contributed by atoms with van der Waals surface area (Å²) in [4.78, 5) is 18.9. The van der Waals surface area contributed by atoms with Gasteiger partial charge in [0.2, 0.25) is 5.95 Å². The molecule has 0 amide bonds. The summed E-state index contributed by atoms with van der Waals surface area (Å²) in [5.74, 6) is 0.396. The highest BCUT2D eigenvalue weighted by Gasteiger charge is 2.20. The third-order valence-corrected chi connectivity index (χ3v) is 2.94. The van der Waals surface area contributed by atoms with Crippen LogP contribution in [0.2, 0.25) is 0 Å². The smallest absolute Gasteiger partial charge is 0.313 e.